The molecule has 1 aliphatic heterocycles. The first-order chi connectivity index (χ1) is 10.2. The Morgan fingerprint density at radius 3 is 2.71 bits per heavy atom. The van der Waals surface area contributed by atoms with Crippen LogP contribution in [0.5, 0.6) is 0 Å². The maximum absolute atomic E-state index is 11.9. The lowest BCUT2D eigenvalue weighted by molar-refractivity contribution is -0.130. The van der Waals surface area contributed by atoms with Crippen LogP contribution in [-0.4, -0.2) is 27.5 Å². The predicted octanol–water partition coefficient (Wildman–Crippen LogP) is 3.12. The fraction of sp³-hybridized carbons (Fsp3) is 0.438. The maximum atomic E-state index is 11.9. The van der Waals surface area contributed by atoms with E-state index in [0.717, 1.165) is 24.9 Å². The van der Waals surface area contributed by atoms with Gasteiger partial charge >= 0.3 is 0 Å². The average molecular weight is 285 g/mol. The zero-order valence-electron chi connectivity index (χ0n) is 12.4. The molecule has 1 atom stereocenters. The van der Waals surface area contributed by atoms with E-state index in [9.17, 15) is 4.79 Å². The Labute approximate surface area is 124 Å². The molecule has 0 radical (unpaired) electrons. The van der Waals surface area contributed by atoms with Crippen molar-refractivity contribution in [2.45, 2.75) is 39.2 Å². The molecule has 0 N–H and O–H groups in total. The Kier molecular flexibility index (Phi) is 3.73. The molecule has 0 saturated carbocycles. The van der Waals surface area contributed by atoms with E-state index in [2.05, 4.69) is 10.1 Å². The number of nitrogens with zero attached hydrogens (tertiary/aromatic N) is 3. The largest absolute Gasteiger partial charge is 0.337 e. The van der Waals surface area contributed by atoms with Crippen molar-refractivity contribution in [1.29, 1.82) is 0 Å². The lowest BCUT2D eigenvalue weighted by Crippen LogP contribution is -2.29. The van der Waals surface area contributed by atoms with Crippen LogP contribution in [0.1, 0.15) is 43.7 Å². The zero-order valence-corrected chi connectivity index (χ0v) is 12.4. The lowest BCUT2D eigenvalue weighted by Gasteiger charge is -2.23. The van der Waals surface area contributed by atoms with E-state index >= 15 is 0 Å². The van der Waals surface area contributed by atoms with Gasteiger partial charge in [0.15, 0.2) is 0 Å². The third-order valence-corrected chi connectivity index (χ3v) is 3.91. The van der Waals surface area contributed by atoms with Crippen LogP contribution in [0.3, 0.4) is 0 Å². The molecular weight excluding hydrogens is 266 g/mol. The fourth-order valence-electron chi connectivity index (χ4n) is 2.72. The summed E-state index contributed by atoms with van der Waals surface area (Å²) in [6.45, 7) is 4.85. The Hall–Kier alpha value is -2.17. The van der Waals surface area contributed by atoms with Gasteiger partial charge in [-0.05, 0) is 19.8 Å². The zero-order chi connectivity index (χ0) is 14.8. The van der Waals surface area contributed by atoms with Gasteiger partial charge in [0.2, 0.25) is 17.6 Å². The molecule has 110 valence electrons. The Balaban J connectivity index is 1.86. The fourth-order valence-corrected chi connectivity index (χ4v) is 2.72. The summed E-state index contributed by atoms with van der Waals surface area (Å²) in [5.74, 6) is 1.29. The predicted molar refractivity (Wildman–Crippen MR) is 78.5 cm³/mol. The van der Waals surface area contributed by atoms with Crippen LogP contribution in [0.2, 0.25) is 0 Å². The highest BCUT2D eigenvalue weighted by Crippen LogP contribution is 2.29. The number of benzene rings is 1. The number of amides is 1. The summed E-state index contributed by atoms with van der Waals surface area (Å²) in [5, 5.41) is 4.06. The van der Waals surface area contributed by atoms with Crippen LogP contribution < -0.4 is 0 Å². The van der Waals surface area contributed by atoms with Crippen molar-refractivity contribution in [1.82, 2.24) is 15.0 Å². The second kappa shape index (κ2) is 5.68. The number of carbonyl (C=O) groups is 1. The Morgan fingerprint density at radius 1 is 1.33 bits per heavy atom. The van der Waals surface area contributed by atoms with Gasteiger partial charge in [0, 0.05) is 18.5 Å². The Morgan fingerprint density at radius 2 is 2.10 bits per heavy atom. The van der Waals surface area contributed by atoms with E-state index in [4.69, 9.17) is 4.52 Å². The molecule has 0 aliphatic carbocycles. The maximum Gasteiger partial charge on any atom is 0.249 e. The minimum absolute atomic E-state index is 0.105. The van der Waals surface area contributed by atoms with Gasteiger partial charge in [-0.3, -0.25) is 4.79 Å². The van der Waals surface area contributed by atoms with E-state index in [-0.39, 0.29) is 11.9 Å². The van der Waals surface area contributed by atoms with E-state index in [1.165, 1.54) is 5.56 Å². The lowest BCUT2D eigenvalue weighted by atomic mass is 10.1. The summed E-state index contributed by atoms with van der Waals surface area (Å²) in [4.78, 5) is 18.2. The van der Waals surface area contributed by atoms with Crippen LogP contribution in [0.4, 0.5) is 0 Å². The van der Waals surface area contributed by atoms with E-state index in [0.29, 0.717) is 18.1 Å². The third kappa shape index (κ3) is 2.68. The number of rotatable bonds is 4. The summed E-state index contributed by atoms with van der Waals surface area (Å²) in [6, 6.07) is 7.89. The summed E-state index contributed by atoms with van der Waals surface area (Å²) in [7, 11) is 0. The van der Waals surface area contributed by atoms with Crippen molar-refractivity contribution in [2.75, 3.05) is 6.54 Å². The smallest absolute Gasteiger partial charge is 0.249 e. The molecule has 2 heterocycles. The van der Waals surface area contributed by atoms with Crippen molar-refractivity contribution in [3.63, 3.8) is 0 Å². The molecule has 5 heteroatoms. The molecule has 0 bridgehead atoms. The normalized spacial score (nSPS) is 16.5. The average Bonchev–Trinajstić information content (AvgIpc) is 3.11. The van der Waals surface area contributed by atoms with E-state index in [1.54, 1.807) is 0 Å². The number of likely N-dealkylation sites (tertiary alicyclic amines) is 1. The number of carbonyl (C=O) groups excluding carboxylic acids is 1. The first kappa shape index (κ1) is 13.8. The SMILES string of the molecule is CCC(c1nc(-c2ccc(C)cc2)no1)N1CCCC1=O. The summed E-state index contributed by atoms with van der Waals surface area (Å²) < 4.78 is 5.41. The molecular formula is C16H19N3O2. The molecule has 1 amide bonds. The molecule has 1 aromatic heterocycles. The van der Waals surface area contributed by atoms with Crippen LogP contribution in [-0.2, 0) is 4.79 Å². The van der Waals surface area contributed by atoms with Gasteiger partial charge < -0.3 is 9.42 Å². The molecule has 2 aromatic rings. The first-order valence-electron chi connectivity index (χ1n) is 7.39. The van der Waals surface area contributed by atoms with Crippen LogP contribution in [0, 0.1) is 6.92 Å². The van der Waals surface area contributed by atoms with Gasteiger partial charge in [0.05, 0.1) is 0 Å². The van der Waals surface area contributed by atoms with Gasteiger partial charge in [-0.15, -0.1) is 0 Å². The van der Waals surface area contributed by atoms with Crippen molar-refractivity contribution >= 4 is 5.91 Å². The molecule has 1 aliphatic rings. The number of hydrogen-bond donors (Lipinski definition) is 0. The topological polar surface area (TPSA) is 59.2 Å². The standard InChI is InChI=1S/C16H19N3O2/c1-3-13(19-10-4-5-14(19)20)16-17-15(18-21-16)12-8-6-11(2)7-9-12/h6-9,13H,3-5,10H2,1-2H3. The van der Waals surface area contributed by atoms with Crippen LogP contribution in [0.25, 0.3) is 11.4 Å². The van der Waals surface area contributed by atoms with Gasteiger partial charge in [-0.1, -0.05) is 41.9 Å². The van der Waals surface area contributed by atoms with Gasteiger partial charge in [-0.25, -0.2) is 0 Å². The van der Waals surface area contributed by atoms with E-state index < -0.39 is 0 Å². The molecule has 21 heavy (non-hydrogen) atoms. The quantitative estimate of drug-likeness (QED) is 0.866. The number of hydrogen-bond acceptors (Lipinski definition) is 4. The highest BCUT2D eigenvalue weighted by molar-refractivity contribution is 5.78. The second-order valence-electron chi connectivity index (χ2n) is 5.44. The van der Waals surface area contributed by atoms with Gasteiger partial charge in [0.1, 0.15) is 6.04 Å². The van der Waals surface area contributed by atoms with Crippen molar-refractivity contribution in [3.8, 4) is 11.4 Å². The molecule has 5 nitrogen and oxygen atoms in total. The van der Waals surface area contributed by atoms with E-state index in [1.807, 2.05) is 43.0 Å². The van der Waals surface area contributed by atoms with Crippen molar-refractivity contribution in [3.05, 3.63) is 35.7 Å². The molecule has 1 aromatic carbocycles. The van der Waals surface area contributed by atoms with Crippen molar-refractivity contribution < 1.29 is 9.32 Å². The van der Waals surface area contributed by atoms with Crippen LogP contribution in [0.15, 0.2) is 28.8 Å². The summed E-state index contributed by atoms with van der Waals surface area (Å²) in [6.07, 6.45) is 2.31. The first-order valence-corrected chi connectivity index (χ1v) is 7.39. The number of aromatic nitrogens is 2. The summed E-state index contributed by atoms with van der Waals surface area (Å²) in [5.41, 5.74) is 2.12. The Bertz CT molecular complexity index is 633. The molecule has 1 unspecified atom stereocenters. The van der Waals surface area contributed by atoms with Gasteiger partial charge in [-0.2, -0.15) is 4.98 Å². The van der Waals surface area contributed by atoms with Gasteiger partial charge in [0.25, 0.3) is 0 Å². The summed E-state index contributed by atoms with van der Waals surface area (Å²) >= 11 is 0. The number of aryl methyl sites for hydroxylation is 1. The monoisotopic (exact) mass is 285 g/mol. The molecule has 3 rings (SSSR count). The third-order valence-electron chi connectivity index (χ3n) is 3.91. The second-order valence-corrected chi connectivity index (χ2v) is 5.44. The highest BCUT2D eigenvalue weighted by Gasteiger charge is 2.31. The molecule has 1 fully saturated rings. The minimum Gasteiger partial charge on any atom is -0.337 e. The minimum atomic E-state index is -0.105. The molecule has 1 saturated heterocycles. The molecule has 0 spiro atoms. The van der Waals surface area contributed by atoms with Crippen molar-refractivity contribution in [2.24, 2.45) is 0 Å². The van der Waals surface area contributed by atoms with Crippen LogP contribution >= 0.6 is 0 Å². The highest BCUT2D eigenvalue weighted by atomic mass is 16.5.